The van der Waals surface area contributed by atoms with Crippen molar-refractivity contribution in [1.82, 2.24) is 9.55 Å². The summed E-state index contributed by atoms with van der Waals surface area (Å²) in [4.78, 5) is 29.2. The highest BCUT2D eigenvalue weighted by Gasteiger charge is 2.40. The largest absolute Gasteiger partial charge is 0.480 e. The van der Waals surface area contributed by atoms with Crippen LogP contribution in [0.4, 0.5) is 0 Å². The Balaban J connectivity index is 2.00. The van der Waals surface area contributed by atoms with Gasteiger partial charge in [-0.1, -0.05) is 49.9 Å². The summed E-state index contributed by atoms with van der Waals surface area (Å²) >= 11 is 1.17. The topological polar surface area (TPSA) is 72.2 Å². The maximum atomic E-state index is 13.2. The van der Waals surface area contributed by atoms with Crippen LogP contribution in [-0.4, -0.2) is 25.9 Å². The van der Waals surface area contributed by atoms with Gasteiger partial charge >= 0.3 is 5.97 Å². The van der Waals surface area contributed by atoms with E-state index < -0.39 is 11.2 Å². The number of carboxylic acid groups (broad SMARTS) is 1. The first-order valence-electron chi connectivity index (χ1n) is 8.07. The number of nitrogens with zero attached hydrogens (tertiary/aromatic N) is 2. The fraction of sp³-hybridized carbons (Fsp3) is 0.389. The lowest BCUT2D eigenvalue weighted by Gasteiger charge is -2.35. The highest BCUT2D eigenvalue weighted by molar-refractivity contribution is 8.00. The van der Waals surface area contributed by atoms with Crippen LogP contribution in [0.1, 0.15) is 31.4 Å². The Morgan fingerprint density at radius 3 is 2.92 bits per heavy atom. The van der Waals surface area contributed by atoms with Crippen molar-refractivity contribution in [3.05, 3.63) is 45.7 Å². The van der Waals surface area contributed by atoms with E-state index >= 15 is 0 Å². The zero-order valence-corrected chi connectivity index (χ0v) is 14.4. The molecule has 1 aromatic carbocycles. The lowest BCUT2D eigenvalue weighted by Crippen LogP contribution is -2.39. The van der Waals surface area contributed by atoms with Crippen LogP contribution in [0, 0.1) is 0 Å². The molecule has 1 aromatic heterocycles. The Morgan fingerprint density at radius 2 is 2.21 bits per heavy atom. The van der Waals surface area contributed by atoms with E-state index in [1.54, 1.807) is 4.57 Å². The maximum Gasteiger partial charge on any atom is 0.318 e. The first-order chi connectivity index (χ1) is 11.4. The van der Waals surface area contributed by atoms with Crippen LogP contribution in [0.2, 0.25) is 0 Å². The smallest absolute Gasteiger partial charge is 0.318 e. The molecule has 2 aromatic rings. The van der Waals surface area contributed by atoms with Crippen molar-refractivity contribution < 1.29 is 9.90 Å². The van der Waals surface area contributed by atoms with Gasteiger partial charge in [0, 0.05) is 11.0 Å². The van der Waals surface area contributed by atoms with E-state index in [2.05, 4.69) is 19.9 Å². The summed E-state index contributed by atoms with van der Waals surface area (Å²) in [6.45, 7) is 4.38. The van der Waals surface area contributed by atoms with Crippen molar-refractivity contribution in [2.75, 3.05) is 0 Å². The molecule has 5 nitrogen and oxygen atoms in total. The predicted molar refractivity (Wildman–Crippen MR) is 92.6 cm³/mol. The molecular formula is C18H18N2O3S. The molecule has 6 heteroatoms. The molecule has 0 bridgehead atoms. The quantitative estimate of drug-likeness (QED) is 0.850. The number of benzene rings is 1. The van der Waals surface area contributed by atoms with Crippen molar-refractivity contribution >= 4 is 17.7 Å². The summed E-state index contributed by atoms with van der Waals surface area (Å²) in [5.41, 5.74) is 3.31. The third kappa shape index (κ3) is 2.05. The van der Waals surface area contributed by atoms with Gasteiger partial charge in [0.25, 0.3) is 5.56 Å². The molecule has 1 aliphatic carbocycles. The molecule has 2 atom stereocenters. The number of rotatable bonds is 2. The highest BCUT2D eigenvalue weighted by atomic mass is 32.2. The van der Waals surface area contributed by atoms with Crippen LogP contribution >= 0.6 is 11.8 Å². The van der Waals surface area contributed by atoms with Crippen molar-refractivity contribution in [3.8, 4) is 11.3 Å². The van der Waals surface area contributed by atoms with Gasteiger partial charge in [-0.15, -0.1) is 0 Å². The average molecular weight is 342 g/mol. The molecule has 0 amide bonds. The van der Waals surface area contributed by atoms with Crippen LogP contribution in [0.3, 0.4) is 0 Å². The zero-order chi connectivity index (χ0) is 17.1. The number of aromatic nitrogens is 2. The molecule has 124 valence electrons. The van der Waals surface area contributed by atoms with E-state index in [4.69, 9.17) is 4.98 Å². The minimum atomic E-state index is -0.901. The number of hydrogen-bond donors (Lipinski definition) is 1. The summed E-state index contributed by atoms with van der Waals surface area (Å²) in [6.07, 6.45) is 1.64. The second kappa shape index (κ2) is 5.21. The minimum absolute atomic E-state index is 0.0786. The zero-order valence-electron chi connectivity index (χ0n) is 13.6. The molecule has 2 aliphatic rings. The Kier molecular flexibility index (Phi) is 3.35. The Morgan fingerprint density at radius 1 is 1.46 bits per heavy atom. The number of hydrogen-bond acceptors (Lipinski definition) is 4. The summed E-state index contributed by atoms with van der Waals surface area (Å²) < 4.78 is 1.55. The van der Waals surface area contributed by atoms with Gasteiger partial charge in [-0.3, -0.25) is 14.2 Å². The molecule has 4 rings (SSSR count). The van der Waals surface area contributed by atoms with E-state index in [9.17, 15) is 14.7 Å². The van der Waals surface area contributed by atoms with E-state index in [0.717, 1.165) is 29.7 Å². The van der Waals surface area contributed by atoms with Gasteiger partial charge in [-0.2, -0.15) is 0 Å². The monoisotopic (exact) mass is 342 g/mol. The number of thioether (sulfide) groups is 1. The second-order valence-electron chi connectivity index (χ2n) is 6.73. The molecule has 0 unspecified atom stereocenters. The number of fused-ring (bicyclic) bond motifs is 4. The molecule has 0 spiro atoms. The Bertz CT molecular complexity index is 921. The molecule has 0 saturated heterocycles. The number of carboxylic acids is 1. The maximum absolute atomic E-state index is 13.2. The molecular weight excluding hydrogens is 324 g/mol. The fourth-order valence-electron chi connectivity index (χ4n) is 3.70. The van der Waals surface area contributed by atoms with Crippen molar-refractivity contribution in [3.63, 3.8) is 0 Å². The van der Waals surface area contributed by atoms with Crippen LogP contribution in [-0.2, 0) is 23.2 Å². The molecule has 0 fully saturated rings. The Labute approximate surface area is 143 Å². The molecule has 1 N–H and O–H groups in total. The molecule has 2 heterocycles. The molecule has 0 radical (unpaired) electrons. The van der Waals surface area contributed by atoms with Crippen LogP contribution in [0.15, 0.2) is 34.2 Å². The van der Waals surface area contributed by atoms with Gasteiger partial charge in [-0.05, 0) is 18.4 Å². The predicted octanol–water partition coefficient (Wildman–Crippen LogP) is 2.69. The summed E-state index contributed by atoms with van der Waals surface area (Å²) in [6, 6.07) is 8.05. The average Bonchev–Trinajstić information content (AvgIpc) is 3.00. The van der Waals surface area contributed by atoms with Crippen LogP contribution < -0.4 is 5.56 Å². The molecule has 0 saturated carbocycles. The third-order valence-corrected chi connectivity index (χ3v) is 6.40. The van der Waals surface area contributed by atoms with Gasteiger partial charge in [0.2, 0.25) is 0 Å². The first-order valence-corrected chi connectivity index (χ1v) is 8.95. The van der Waals surface area contributed by atoms with E-state index in [0.29, 0.717) is 5.16 Å². The second-order valence-corrected chi connectivity index (χ2v) is 7.90. The van der Waals surface area contributed by atoms with E-state index in [1.165, 1.54) is 17.3 Å². The summed E-state index contributed by atoms with van der Waals surface area (Å²) in [5, 5.41) is 9.16. The van der Waals surface area contributed by atoms with Gasteiger partial charge in [-0.25, -0.2) is 4.98 Å². The van der Waals surface area contributed by atoms with Crippen molar-refractivity contribution in [1.29, 1.82) is 0 Å². The van der Waals surface area contributed by atoms with E-state index in [1.807, 2.05) is 18.2 Å². The van der Waals surface area contributed by atoms with Gasteiger partial charge < -0.3 is 5.11 Å². The number of carbonyl (C=O) groups is 1. The van der Waals surface area contributed by atoms with Crippen LogP contribution in [0.25, 0.3) is 11.3 Å². The summed E-state index contributed by atoms with van der Waals surface area (Å²) in [7, 11) is 0. The van der Waals surface area contributed by atoms with Crippen molar-refractivity contribution in [2.45, 2.75) is 49.1 Å². The van der Waals surface area contributed by atoms with Gasteiger partial charge in [0.05, 0.1) is 17.8 Å². The standard InChI is InChI=1S/C18H18N2O3S/c1-3-18(2)8-10-6-4-5-7-11(10)14-13(18)15(21)20-9-12(16(22)23)24-17(20)19-14/h4-7,12H,3,8-9H2,1-2H3,(H,22,23)/t12-,18-/m0/s1. The van der Waals surface area contributed by atoms with E-state index in [-0.39, 0.29) is 17.5 Å². The van der Waals surface area contributed by atoms with Crippen molar-refractivity contribution in [2.24, 2.45) is 0 Å². The Hall–Kier alpha value is -2.08. The highest BCUT2D eigenvalue weighted by Crippen LogP contribution is 2.44. The fourth-order valence-corrected chi connectivity index (χ4v) is 4.71. The third-order valence-electron chi connectivity index (χ3n) is 5.24. The van der Waals surface area contributed by atoms with Gasteiger partial charge in [0.15, 0.2) is 5.16 Å². The van der Waals surface area contributed by atoms with Crippen LogP contribution in [0.5, 0.6) is 0 Å². The lowest BCUT2D eigenvalue weighted by atomic mass is 9.69. The number of aliphatic carboxylic acids is 1. The minimum Gasteiger partial charge on any atom is -0.480 e. The first kappa shape index (κ1) is 15.4. The lowest BCUT2D eigenvalue weighted by molar-refractivity contribution is -0.136. The summed E-state index contributed by atoms with van der Waals surface area (Å²) in [5.74, 6) is -0.901. The molecule has 24 heavy (non-hydrogen) atoms. The normalized spacial score (nSPS) is 24.2. The molecule has 1 aliphatic heterocycles. The SMILES string of the molecule is CC[C@@]1(C)Cc2ccccc2-c2nc3n(c(=O)c21)C[C@@H](C(=O)O)S3. The van der Waals surface area contributed by atoms with Gasteiger partial charge in [0.1, 0.15) is 5.25 Å².